The standard InChI is InChI=1S/C20H15N3O3/c24-17(25)10-13-6-8-14(9-7-13)16-11-23(15-4-2-1-3-5-15)19-18(16)20(26)22-12-21-19/h1-9,11-12H,10H2,(H,24,25)(H,21,22,26). The summed E-state index contributed by atoms with van der Waals surface area (Å²) < 4.78 is 1.88. The molecule has 4 aromatic rings. The van der Waals surface area contributed by atoms with Crippen molar-refractivity contribution in [3.8, 4) is 16.8 Å². The number of hydrogen-bond acceptors (Lipinski definition) is 3. The van der Waals surface area contributed by atoms with Gasteiger partial charge in [0, 0.05) is 17.4 Å². The summed E-state index contributed by atoms with van der Waals surface area (Å²) >= 11 is 0. The molecule has 0 aliphatic heterocycles. The third kappa shape index (κ3) is 2.77. The van der Waals surface area contributed by atoms with E-state index in [2.05, 4.69) is 9.97 Å². The van der Waals surface area contributed by atoms with Crippen molar-refractivity contribution in [2.45, 2.75) is 6.42 Å². The highest BCUT2D eigenvalue weighted by Gasteiger charge is 2.15. The van der Waals surface area contributed by atoms with Crippen LogP contribution in [0, 0.1) is 0 Å². The minimum Gasteiger partial charge on any atom is -0.481 e. The van der Waals surface area contributed by atoms with E-state index in [-0.39, 0.29) is 12.0 Å². The number of benzene rings is 2. The highest BCUT2D eigenvalue weighted by Crippen LogP contribution is 2.29. The molecule has 0 saturated heterocycles. The Morgan fingerprint density at radius 2 is 1.81 bits per heavy atom. The molecular weight excluding hydrogens is 330 g/mol. The number of nitrogens with one attached hydrogen (secondary N) is 1. The maximum atomic E-state index is 12.4. The van der Waals surface area contributed by atoms with Gasteiger partial charge in [-0.1, -0.05) is 42.5 Å². The summed E-state index contributed by atoms with van der Waals surface area (Å²) in [6, 6.07) is 16.9. The second-order valence-electron chi connectivity index (χ2n) is 5.95. The lowest BCUT2D eigenvalue weighted by Gasteiger charge is -2.03. The van der Waals surface area contributed by atoms with Crippen LogP contribution >= 0.6 is 0 Å². The first-order valence-electron chi connectivity index (χ1n) is 8.09. The molecule has 6 nitrogen and oxygen atoms in total. The second kappa shape index (κ2) is 6.33. The van der Waals surface area contributed by atoms with E-state index in [1.165, 1.54) is 6.33 Å². The number of nitrogens with zero attached hydrogens (tertiary/aromatic N) is 2. The van der Waals surface area contributed by atoms with Crippen LogP contribution in [0.15, 0.2) is 71.9 Å². The summed E-state index contributed by atoms with van der Waals surface area (Å²) in [6.45, 7) is 0. The van der Waals surface area contributed by atoms with Gasteiger partial charge in [0.25, 0.3) is 5.56 Å². The third-order valence-electron chi connectivity index (χ3n) is 4.24. The van der Waals surface area contributed by atoms with E-state index < -0.39 is 5.97 Å². The van der Waals surface area contributed by atoms with E-state index >= 15 is 0 Å². The van der Waals surface area contributed by atoms with E-state index in [4.69, 9.17) is 5.11 Å². The maximum Gasteiger partial charge on any atom is 0.307 e. The molecule has 0 spiro atoms. The van der Waals surface area contributed by atoms with Crippen LogP contribution in [0.1, 0.15) is 5.56 Å². The van der Waals surface area contributed by atoms with E-state index in [1.54, 1.807) is 12.1 Å². The van der Waals surface area contributed by atoms with Crippen LogP contribution in [-0.4, -0.2) is 25.6 Å². The fourth-order valence-corrected chi connectivity index (χ4v) is 3.05. The molecule has 0 amide bonds. The fraction of sp³-hybridized carbons (Fsp3) is 0.0500. The molecule has 2 aromatic heterocycles. The zero-order valence-electron chi connectivity index (χ0n) is 13.7. The summed E-state index contributed by atoms with van der Waals surface area (Å²) in [5.41, 5.74) is 3.56. The van der Waals surface area contributed by atoms with Gasteiger partial charge in [0.1, 0.15) is 0 Å². The van der Waals surface area contributed by atoms with Gasteiger partial charge in [-0.05, 0) is 23.3 Å². The van der Waals surface area contributed by atoms with Crippen LogP contribution in [0.25, 0.3) is 27.8 Å². The topological polar surface area (TPSA) is 88.0 Å². The summed E-state index contributed by atoms with van der Waals surface area (Å²) in [5, 5.41) is 9.41. The van der Waals surface area contributed by atoms with Crippen molar-refractivity contribution in [3.63, 3.8) is 0 Å². The predicted molar refractivity (Wildman–Crippen MR) is 98.5 cm³/mol. The zero-order valence-corrected chi connectivity index (χ0v) is 13.7. The van der Waals surface area contributed by atoms with Crippen LogP contribution in [0.3, 0.4) is 0 Å². The number of aromatic amines is 1. The Morgan fingerprint density at radius 1 is 1.08 bits per heavy atom. The zero-order chi connectivity index (χ0) is 18.1. The number of carboxylic acid groups (broad SMARTS) is 1. The number of carbonyl (C=O) groups is 1. The lowest BCUT2D eigenvalue weighted by Crippen LogP contribution is -2.07. The molecule has 0 fully saturated rings. The molecule has 2 heterocycles. The van der Waals surface area contributed by atoms with Gasteiger partial charge in [-0.25, -0.2) is 4.98 Å². The average Bonchev–Trinajstić information content (AvgIpc) is 3.04. The van der Waals surface area contributed by atoms with Crippen LogP contribution in [0.2, 0.25) is 0 Å². The quantitative estimate of drug-likeness (QED) is 0.595. The average molecular weight is 345 g/mol. The molecule has 6 heteroatoms. The number of para-hydroxylation sites is 1. The predicted octanol–water partition coefficient (Wildman–Crippen LogP) is 3.01. The van der Waals surface area contributed by atoms with Crippen LogP contribution < -0.4 is 5.56 Å². The minimum atomic E-state index is -0.876. The molecule has 2 aromatic carbocycles. The molecule has 0 atom stereocenters. The summed E-state index contributed by atoms with van der Waals surface area (Å²) in [4.78, 5) is 30.3. The van der Waals surface area contributed by atoms with Gasteiger partial charge in [-0.15, -0.1) is 0 Å². The minimum absolute atomic E-state index is 0.0335. The molecule has 0 bridgehead atoms. The van der Waals surface area contributed by atoms with E-state index in [9.17, 15) is 9.59 Å². The van der Waals surface area contributed by atoms with Gasteiger partial charge in [-0.3, -0.25) is 9.59 Å². The number of H-pyrrole nitrogens is 1. The molecule has 0 radical (unpaired) electrons. The molecule has 0 saturated carbocycles. The van der Waals surface area contributed by atoms with Crippen molar-refractivity contribution >= 4 is 17.0 Å². The van der Waals surface area contributed by atoms with Crippen molar-refractivity contribution in [1.29, 1.82) is 0 Å². The second-order valence-corrected chi connectivity index (χ2v) is 5.95. The van der Waals surface area contributed by atoms with Crippen LogP contribution in [-0.2, 0) is 11.2 Å². The Labute approximate surface area is 148 Å². The first-order valence-corrected chi connectivity index (χ1v) is 8.09. The van der Waals surface area contributed by atoms with E-state index in [0.29, 0.717) is 16.6 Å². The Balaban J connectivity index is 1.90. The largest absolute Gasteiger partial charge is 0.481 e. The molecule has 0 unspecified atom stereocenters. The van der Waals surface area contributed by atoms with E-state index in [1.807, 2.05) is 53.2 Å². The molecule has 4 rings (SSSR count). The Hall–Kier alpha value is -3.67. The Morgan fingerprint density at radius 3 is 2.50 bits per heavy atom. The van der Waals surface area contributed by atoms with Gasteiger partial charge >= 0.3 is 5.97 Å². The number of hydrogen-bond donors (Lipinski definition) is 2. The smallest absolute Gasteiger partial charge is 0.307 e. The summed E-state index contributed by atoms with van der Waals surface area (Å²) in [7, 11) is 0. The normalized spacial score (nSPS) is 10.9. The van der Waals surface area contributed by atoms with E-state index in [0.717, 1.165) is 16.8 Å². The molecule has 0 aliphatic rings. The molecule has 128 valence electrons. The van der Waals surface area contributed by atoms with Crippen molar-refractivity contribution < 1.29 is 9.90 Å². The van der Waals surface area contributed by atoms with Crippen molar-refractivity contribution in [1.82, 2.24) is 14.5 Å². The lowest BCUT2D eigenvalue weighted by molar-refractivity contribution is -0.136. The molecule has 0 aliphatic carbocycles. The van der Waals surface area contributed by atoms with Gasteiger partial charge in [0.05, 0.1) is 18.1 Å². The highest BCUT2D eigenvalue weighted by molar-refractivity contribution is 5.94. The van der Waals surface area contributed by atoms with Crippen molar-refractivity contribution in [2.24, 2.45) is 0 Å². The molecule has 26 heavy (non-hydrogen) atoms. The number of rotatable bonds is 4. The SMILES string of the molecule is O=C(O)Cc1ccc(-c2cn(-c3ccccc3)c3nc[nH]c(=O)c23)cc1. The van der Waals surface area contributed by atoms with Gasteiger partial charge in [0.15, 0.2) is 5.65 Å². The third-order valence-corrected chi connectivity index (χ3v) is 4.24. The van der Waals surface area contributed by atoms with Crippen molar-refractivity contribution in [3.05, 3.63) is 83.0 Å². The van der Waals surface area contributed by atoms with Gasteiger partial charge < -0.3 is 14.7 Å². The molecule has 2 N–H and O–H groups in total. The monoisotopic (exact) mass is 345 g/mol. The number of aromatic nitrogens is 3. The highest BCUT2D eigenvalue weighted by atomic mass is 16.4. The fourth-order valence-electron chi connectivity index (χ4n) is 3.05. The van der Waals surface area contributed by atoms with Gasteiger partial charge in [0.2, 0.25) is 0 Å². The molecular formula is C20H15N3O3. The number of fused-ring (bicyclic) bond motifs is 1. The number of carboxylic acids is 1. The first-order chi connectivity index (χ1) is 12.6. The number of aliphatic carboxylic acids is 1. The van der Waals surface area contributed by atoms with Gasteiger partial charge in [-0.2, -0.15) is 0 Å². The van der Waals surface area contributed by atoms with Crippen molar-refractivity contribution in [2.75, 3.05) is 0 Å². The lowest BCUT2D eigenvalue weighted by atomic mass is 10.0. The van der Waals surface area contributed by atoms with Crippen LogP contribution in [0.5, 0.6) is 0 Å². The Bertz CT molecular complexity index is 1140. The summed E-state index contributed by atoms with van der Waals surface area (Å²) in [6.07, 6.45) is 3.24. The maximum absolute atomic E-state index is 12.4. The first kappa shape index (κ1) is 15.8. The van der Waals surface area contributed by atoms with Crippen LogP contribution in [0.4, 0.5) is 0 Å². The Kier molecular flexibility index (Phi) is 3.85. The summed E-state index contributed by atoms with van der Waals surface area (Å²) in [5.74, 6) is -0.876.